The fraction of sp³-hybridized carbons (Fsp3) is 0.778. The average molecular weight is 185 g/mol. The normalized spacial score (nSPS) is 19.3. The summed E-state index contributed by atoms with van der Waals surface area (Å²) in [6.07, 6.45) is 1.05. The summed E-state index contributed by atoms with van der Waals surface area (Å²) in [5.41, 5.74) is -1.24. The molecule has 4 nitrogen and oxygen atoms in total. The largest absolute Gasteiger partial charge is 0.465 e. The highest BCUT2D eigenvalue weighted by Crippen LogP contribution is 2.43. The van der Waals surface area contributed by atoms with E-state index in [0.29, 0.717) is 12.8 Å². The molecule has 4 heteroatoms. The van der Waals surface area contributed by atoms with Gasteiger partial charge in [-0.25, -0.2) is 4.79 Å². The molecule has 1 aliphatic rings. The molecule has 0 aromatic carbocycles. The zero-order valence-electron chi connectivity index (χ0n) is 8.20. The number of hydrogen-bond acceptors (Lipinski definition) is 2. The van der Waals surface area contributed by atoms with Crippen molar-refractivity contribution in [2.45, 2.75) is 44.7 Å². The molecular formula is C9H15NO3. The first-order valence-electron chi connectivity index (χ1n) is 4.33. The van der Waals surface area contributed by atoms with Gasteiger partial charge >= 0.3 is 6.09 Å². The Morgan fingerprint density at radius 3 is 2.00 bits per heavy atom. The molecule has 1 N–H and O–H groups in total. The third-order valence-corrected chi connectivity index (χ3v) is 2.29. The topological polar surface area (TPSA) is 57.6 Å². The molecule has 1 aliphatic carbocycles. The lowest BCUT2D eigenvalue weighted by molar-refractivity contribution is -0.115. The standard InChI is InChI=1S/C9H15NO3/c1-8(2,3)10(7(12)13)9(6-11)4-5-9/h6H,4-5H2,1-3H3,(H,12,13). The molecule has 1 amide bonds. The summed E-state index contributed by atoms with van der Waals surface area (Å²) in [6.45, 7) is 5.39. The summed E-state index contributed by atoms with van der Waals surface area (Å²) in [7, 11) is 0. The van der Waals surface area contributed by atoms with Gasteiger partial charge in [0.25, 0.3) is 0 Å². The second-order valence-electron chi connectivity index (χ2n) is 4.51. The van der Waals surface area contributed by atoms with Crippen molar-refractivity contribution in [1.82, 2.24) is 4.90 Å². The average Bonchev–Trinajstić information content (AvgIpc) is 2.65. The molecule has 0 aromatic heterocycles. The second kappa shape index (κ2) is 2.72. The Hall–Kier alpha value is -1.06. The molecule has 1 fully saturated rings. The lowest BCUT2D eigenvalue weighted by atomic mass is 10.0. The Balaban J connectivity index is 2.93. The van der Waals surface area contributed by atoms with E-state index in [2.05, 4.69) is 0 Å². The number of carbonyl (C=O) groups excluding carboxylic acids is 1. The fourth-order valence-corrected chi connectivity index (χ4v) is 1.67. The van der Waals surface area contributed by atoms with Crippen LogP contribution >= 0.6 is 0 Å². The van der Waals surface area contributed by atoms with Crippen LogP contribution in [0.4, 0.5) is 4.79 Å². The SMILES string of the molecule is CC(C)(C)N(C(=O)O)C1(C=O)CC1. The van der Waals surface area contributed by atoms with Gasteiger partial charge in [0.1, 0.15) is 11.8 Å². The fourth-order valence-electron chi connectivity index (χ4n) is 1.67. The highest BCUT2D eigenvalue weighted by Gasteiger charge is 2.54. The van der Waals surface area contributed by atoms with Crippen molar-refractivity contribution in [3.05, 3.63) is 0 Å². The number of carboxylic acid groups (broad SMARTS) is 1. The Kier molecular flexibility index (Phi) is 2.10. The minimum atomic E-state index is -1.02. The van der Waals surface area contributed by atoms with Crippen LogP contribution in [0.1, 0.15) is 33.6 Å². The van der Waals surface area contributed by atoms with Crippen molar-refractivity contribution in [3.63, 3.8) is 0 Å². The monoisotopic (exact) mass is 185 g/mol. The molecule has 0 radical (unpaired) electrons. The molecule has 0 aromatic rings. The summed E-state index contributed by atoms with van der Waals surface area (Å²) in [6, 6.07) is 0. The van der Waals surface area contributed by atoms with Crippen LogP contribution in [-0.4, -0.2) is 33.5 Å². The van der Waals surface area contributed by atoms with Crippen molar-refractivity contribution < 1.29 is 14.7 Å². The van der Waals surface area contributed by atoms with Gasteiger partial charge in [0, 0.05) is 5.54 Å². The molecule has 0 saturated heterocycles. The summed E-state index contributed by atoms with van der Waals surface area (Å²) in [4.78, 5) is 23.0. The van der Waals surface area contributed by atoms with Crippen LogP contribution in [0.5, 0.6) is 0 Å². The van der Waals surface area contributed by atoms with E-state index in [1.807, 2.05) is 0 Å². The van der Waals surface area contributed by atoms with Crippen LogP contribution in [-0.2, 0) is 4.79 Å². The second-order valence-corrected chi connectivity index (χ2v) is 4.51. The van der Waals surface area contributed by atoms with E-state index in [1.165, 1.54) is 4.90 Å². The molecular weight excluding hydrogens is 170 g/mol. The number of nitrogens with zero attached hydrogens (tertiary/aromatic N) is 1. The Morgan fingerprint density at radius 1 is 1.46 bits per heavy atom. The molecule has 0 bridgehead atoms. The Bertz CT molecular complexity index is 238. The molecule has 0 spiro atoms. The van der Waals surface area contributed by atoms with Crippen molar-refractivity contribution >= 4 is 12.4 Å². The third-order valence-electron chi connectivity index (χ3n) is 2.29. The van der Waals surface area contributed by atoms with Gasteiger partial charge in [-0.2, -0.15) is 0 Å². The summed E-state index contributed by atoms with van der Waals surface area (Å²) in [5.74, 6) is 0. The lowest BCUT2D eigenvalue weighted by Gasteiger charge is -2.37. The van der Waals surface area contributed by atoms with Crippen LogP contribution in [0.3, 0.4) is 0 Å². The van der Waals surface area contributed by atoms with Gasteiger partial charge in [-0.1, -0.05) is 0 Å². The first kappa shape index (κ1) is 10.0. The van der Waals surface area contributed by atoms with E-state index >= 15 is 0 Å². The maximum absolute atomic E-state index is 11.0. The minimum absolute atomic E-state index is 0.511. The number of hydrogen-bond donors (Lipinski definition) is 1. The maximum Gasteiger partial charge on any atom is 0.408 e. The summed E-state index contributed by atoms with van der Waals surface area (Å²) < 4.78 is 0. The van der Waals surface area contributed by atoms with Crippen LogP contribution in [0.25, 0.3) is 0 Å². The van der Waals surface area contributed by atoms with Crippen LogP contribution < -0.4 is 0 Å². The minimum Gasteiger partial charge on any atom is -0.465 e. The van der Waals surface area contributed by atoms with Gasteiger partial charge in [-0.15, -0.1) is 0 Å². The van der Waals surface area contributed by atoms with Crippen molar-refractivity contribution in [2.24, 2.45) is 0 Å². The number of aldehydes is 1. The maximum atomic E-state index is 11.0. The van der Waals surface area contributed by atoms with Crippen molar-refractivity contribution in [3.8, 4) is 0 Å². The van der Waals surface area contributed by atoms with Gasteiger partial charge in [-0.3, -0.25) is 4.90 Å². The Labute approximate surface area is 77.5 Å². The quantitative estimate of drug-likeness (QED) is 0.663. The molecule has 1 rings (SSSR count). The van der Waals surface area contributed by atoms with E-state index < -0.39 is 17.2 Å². The predicted octanol–water partition coefficient (Wildman–Crippen LogP) is 1.50. The zero-order chi connectivity index (χ0) is 10.3. The predicted molar refractivity (Wildman–Crippen MR) is 47.6 cm³/mol. The number of carbonyl (C=O) groups is 2. The smallest absolute Gasteiger partial charge is 0.408 e. The summed E-state index contributed by atoms with van der Waals surface area (Å²) in [5, 5.41) is 8.98. The van der Waals surface area contributed by atoms with E-state index in [1.54, 1.807) is 20.8 Å². The molecule has 0 aliphatic heterocycles. The van der Waals surface area contributed by atoms with Gasteiger partial charge in [0.15, 0.2) is 0 Å². The van der Waals surface area contributed by atoms with Crippen LogP contribution in [0.2, 0.25) is 0 Å². The van der Waals surface area contributed by atoms with Crippen LogP contribution in [0, 0.1) is 0 Å². The molecule has 13 heavy (non-hydrogen) atoms. The zero-order valence-corrected chi connectivity index (χ0v) is 8.20. The molecule has 0 atom stereocenters. The van der Waals surface area contributed by atoms with E-state index in [4.69, 9.17) is 5.11 Å². The molecule has 74 valence electrons. The van der Waals surface area contributed by atoms with Crippen molar-refractivity contribution in [1.29, 1.82) is 0 Å². The van der Waals surface area contributed by atoms with E-state index in [9.17, 15) is 9.59 Å². The highest BCUT2D eigenvalue weighted by molar-refractivity contribution is 5.79. The third kappa shape index (κ3) is 1.66. The molecule has 1 saturated carbocycles. The highest BCUT2D eigenvalue weighted by atomic mass is 16.4. The molecule has 0 unspecified atom stereocenters. The number of amides is 1. The first-order chi connectivity index (χ1) is 5.83. The molecule has 0 heterocycles. The lowest BCUT2D eigenvalue weighted by Crippen LogP contribution is -2.53. The van der Waals surface area contributed by atoms with Gasteiger partial charge < -0.3 is 9.90 Å². The summed E-state index contributed by atoms with van der Waals surface area (Å²) >= 11 is 0. The van der Waals surface area contributed by atoms with Gasteiger partial charge in [-0.05, 0) is 33.6 Å². The van der Waals surface area contributed by atoms with Crippen molar-refractivity contribution in [2.75, 3.05) is 0 Å². The van der Waals surface area contributed by atoms with E-state index in [-0.39, 0.29) is 0 Å². The van der Waals surface area contributed by atoms with Crippen LogP contribution in [0.15, 0.2) is 0 Å². The van der Waals surface area contributed by atoms with Gasteiger partial charge in [0.05, 0.1) is 0 Å². The number of rotatable bonds is 2. The van der Waals surface area contributed by atoms with E-state index in [0.717, 1.165) is 6.29 Å². The Morgan fingerprint density at radius 2 is 1.92 bits per heavy atom. The first-order valence-corrected chi connectivity index (χ1v) is 4.33. The van der Waals surface area contributed by atoms with Gasteiger partial charge in [0.2, 0.25) is 0 Å².